The van der Waals surface area contributed by atoms with Gasteiger partial charge in [-0.3, -0.25) is 4.79 Å². The van der Waals surface area contributed by atoms with Gasteiger partial charge >= 0.3 is 5.97 Å². The van der Waals surface area contributed by atoms with Gasteiger partial charge in [0, 0.05) is 16.9 Å². The van der Waals surface area contributed by atoms with Crippen molar-refractivity contribution < 1.29 is 14.3 Å². The first kappa shape index (κ1) is 20.6. The van der Waals surface area contributed by atoms with Gasteiger partial charge in [-0.25, -0.2) is 4.79 Å². The van der Waals surface area contributed by atoms with Gasteiger partial charge in [0.1, 0.15) is 5.00 Å². The van der Waals surface area contributed by atoms with Gasteiger partial charge in [-0.15, -0.1) is 11.3 Å². The summed E-state index contributed by atoms with van der Waals surface area (Å²) in [5, 5.41) is 3.34. The van der Waals surface area contributed by atoms with Gasteiger partial charge in [0.05, 0.1) is 12.2 Å². The highest BCUT2D eigenvalue weighted by Crippen LogP contribution is 2.36. The lowest BCUT2D eigenvalue weighted by Crippen LogP contribution is -2.11. The first-order chi connectivity index (χ1) is 14.1. The van der Waals surface area contributed by atoms with Crippen LogP contribution in [0.15, 0.2) is 72.8 Å². The summed E-state index contributed by atoms with van der Waals surface area (Å²) in [4.78, 5) is 25.8. The maximum Gasteiger partial charge on any atom is 0.341 e. The van der Waals surface area contributed by atoms with Gasteiger partial charge in [0.15, 0.2) is 0 Å². The maximum absolute atomic E-state index is 12.4. The van der Waals surface area contributed by atoms with Crippen LogP contribution in [0.2, 0.25) is 0 Å². The zero-order valence-corrected chi connectivity index (χ0v) is 17.2. The van der Waals surface area contributed by atoms with E-state index in [0.29, 0.717) is 10.6 Å². The minimum absolute atomic E-state index is 0.0971. The lowest BCUT2D eigenvalue weighted by Gasteiger charge is -2.08. The summed E-state index contributed by atoms with van der Waals surface area (Å²) in [6.07, 6.45) is 3.20. The molecular formula is C24H23NO3S. The fourth-order valence-corrected chi connectivity index (χ4v) is 4.00. The molecule has 1 heterocycles. The predicted octanol–water partition coefficient (Wildman–Crippen LogP) is 5.73. The number of thiophene rings is 1. The molecule has 3 aromatic rings. The van der Waals surface area contributed by atoms with Crippen molar-refractivity contribution in [2.24, 2.45) is 0 Å². The number of nitrogens with one attached hydrogen (secondary N) is 1. The number of rotatable bonds is 7. The SMILES string of the molecule is CCOC(=O)c1cc([C@@H](C)c2ccccc2)sc1NC(=O)/C=C/c1ccccc1. The molecule has 1 amide bonds. The number of carbonyl (C=O) groups is 2. The third kappa shape index (κ3) is 5.42. The Labute approximate surface area is 174 Å². The average Bonchev–Trinajstić information content (AvgIpc) is 3.17. The number of amides is 1. The molecular weight excluding hydrogens is 382 g/mol. The molecule has 0 aliphatic carbocycles. The Bertz CT molecular complexity index is 993. The molecule has 1 N–H and O–H groups in total. The van der Waals surface area contributed by atoms with Crippen LogP contribution in [0.5, 0.6) is 0 Å². The Hall–Kier alpha value is -3.18. The molecule has 0 fully saturated rings. The molecule has 0 aliphatic heterocycles. The smallest absolute Gasteiger partial charge is 0.341 e. The van der Waals surface area contributed by atoms with Gasteiger partial charge in [0.25, 0.3) is 0 Å². The summed E-state index contributed by atoms with van der Waals surface area (Å²) in [5.74, 6) is -0.627. The van der Waals surface area contributed by atoms with E-state index in [9.17, 15) is 9.59 Å². The number of esters is 1. The van der Waals surface area contributed by atoms with Crippen LogP contribution in [0.3, 0.4) is 0 Å². The van der Waals surface area contributed by atoms with Crippen LogP contribution in [0.1, 0.15) is 46.1 Å². The highest BCUT2D eigenvalue weighted by atomic mass is 32.1. The lowest BCUT2D eigenvalue weighted by molar-refractivity contribution is -0.111. The molecule has 0 bridgehead atoms. The molecule has 3 rings (SSSR count). The van der Waals surface area contributed by atoms with Crippen molar-refractivity contribution in [3.05, 3.63) is 94.4 Å². The van der Waals surface area contributed by atoms with E-state index in [1.54, 1.807) is 13.0 Å². The van der Waals surface area contributed by atoms with Crippen molar-refractivity contribution in [1.29, 1.82) is 0 Å². The monoisotopic (exact) mass is 405 g/mol. The van der Waals surface area contributed by atoms with E-state index >= 15 is 0 Å². The second-order valence-corrected chi connectivity index (χ2v) is 7.56. The van der Waals surface area contributed by atoms with Gasteiger partial charge in [-0.2, -0.15) is 0 Å². The van der Waals surface area contributed by atoms with E-state index in [1.807, 2.05) is 54.6 Å². The number of anilines is 1. The third-order valence-corrected chi connectivity index (χ3v) is 5.67. The van der Waals surface area contributed by atoms with Crippen molar-refractivity contribution in [3.63, 3.8) is 0 Å². The Morgan fingerprint density at radius 3 is 2.38 bits per heavy atom. The number of benzene rings is 2. The molecule has 1 aromatic heterocycles. The molecule has 0 saturated heterocycles. The zero-order chi connectivity index (χ0) is 20.6. The number of ether oxygens (including phenoxy) is 1. The zero-order valence-electron chi connectivity index (χ0n) is 16.4. The van der Waals surface area contributed by atoms with Gasteiger partial charge in [-0.05, 0) is 30.2 Å². The molecule has 148 valence electrons. The summed E-state index contributed by atoms with van der Waals surface area (Å²) in [7, 11) is 0. The average molecular weight is 406 g/mol. The minimum atomic E-state index is -0.433. The van der Waals surface area contributed by atoms with E-state index in [2.05, 4.69) is 24.4 Å². The standard InChI is InChI=1S/C24H23NO3S/c1-3-28-24(27)20-16-21(17(2)19-12-8-5-9-13-19)29-23(20)25-22(26)15-14-18-10-6-4-7-11-18/h4-17H,3H2,1-2H3,(H,25,26)/b15-14+/t17-/m0/s1. The van der Waals surface area contributed by atoms with E-state index in [4.69, 9.17) is 4.74 Å². The van der Waals surface area contributed by atoms with Crippen LogP contribution in [0.25, 0.3) is 6.08 Å². The first-order valence-electron chi connectivity index (χ1n) is 9.48. The van der Waals surface area contributed by atoms with Crippen LogP contribution in [0, 0.1) is 0 Å². The summed E-state index contributed by atoms with van der Waals surface area (Å²) in [5.41, 5.74) is 2.46. The van der Waals surface area contributed by atoms with E-state index in [0.717, 1.165) is 16.0 Å². The summed E-state index contributed by atoms with van der Waals surface area (Å²) in [6.45, 7) is 4.12. The molecule has 0 saturated carbocycles. The molecule has 4 nitrogen and oxygen atoms in total. The van der Waals surface area contributed by atoms with Crippen molar-refractivity contribution in [3.8, 4) is 0 Å². The van der Waals surface area contributed by atoms with E-state index in [1.165, 1.54) is 17.4 Å². The fourth-order valence-electron chi connectivity index (χ4n) is 2.87. The van der Waals surface area contributed by atoms with Gasteiger partial charge < -0.3 is 10.1 Å². The normalized spacial score (nSPS) is 11.9. The molecule has 0 unspecified atom stereocenters. The Kier molecular flexibility index (Phi) is 6.98. The second kappa shape index (κ2) is 9.85. The lowest BCUT2D eigenvalue weighted by atomic mass is 9.99. The highest BCUT2D eigenvalue weighted by Gasteiger charge is 2.21. The van der Waals surface area contributed by atoms with E-state index in [-0.39, 0.29) is 18.4 Å². The van der Waals surface area contributed by atoms with Crippen LogP contribution < -0.4 is 5.32 Å². The second-order valence-electron chi connectivity index (χ2n) is 6.48. The Morgan fingerprint density at radius 2 is 1.72 bits per heavy atom. The summed E-state index contributed by atoms with van der Waals surface area (Å²) in [6, 6.07) is 21.4. The van der Waals surface area contributed by atoms with Crippen LogP contribution >= 0.6 is 11.3 Å². The molecule has 0 radical (unpaired) electrons. The first-order valence-corrected chi connectivity index (χ1v) is 10.3. The van der Waals surface area contributed by atoms with Gasteiger partial charge in [0.2, 0.25) is 5.91 Å². The van der Waals surface area contributed by atoms with Crippen LogP contribution in [-0.4, -0.2) is 18.5 Å². The predicted molar refractivity (Wildman–Crippen MR) is 118 cm³/mol. The van der Waals surface area contributed by atoms with Gasteiger partial charge in [-0.1, -0.05) is 67.6 Å². The molecule has 0 spiro atoms. The molecule has 1 atom stereocenters. The van der Waals surface area contributed by atoms with Crippen LogP contribution in [-0.2, 0) is 9.53 Å². The van der Waals surface area contributed by atoms with Crippen molar-refractivity contribution >= 4 is 34.3 Å². The van der Waals surface area contributed by atoms with Crippen LogP contribution in [0.4, 0.5) is 5.00 Å². The highest BCUT2D eigenvalue weighted by molar-refractivity contribution is 7.16. The summed E-state index contributed by atoms with van der Waals surface area (Å²) < 4.78 is 5.18. The quantitative estimate of drug-likeness (QED) is 0.403. The third-order valence-electron chi connectivity index (χ3n) is 4.44. The summed E-state index contributed by atoms with van der Waals surface area (Å²) >= 11 is 1.40. The number of hydrogen-bond donors (Lipinski definition) is 1. The molecule has 29 heavy (non-hydrogen) atoms. The minimum Gasteiger partial charge on any atom is -0.462 e. The van der Waals surface area contributed by atoms with Crippen molar-refractivity contribution in [2.75, 3.05) is 11.9 Å². The topological polar surface area (TPSA) is 55.4 Å². The maximum atomic E-state index is 12.4. The van der Waals surface area contributed by atoms with E-state index < -0.39 is 5.97 Å². The molecule has 2 aromatic carbocycles. The molecule has 5 heteroatoms. The van der Waals surface area contributed by atoms with Crippen molar-refractivity contribution in [2.45, 2.75) is 19.8 Å². The Balaban J connectivity index is 1.84. The fraction of sp³-hybridized carbons (Fsp3) is 0.167. The molecule has 0 aliphatic rings. The largest absolute Gasteiger partial charge is 0.462 e. The number of carbonyl (C=O) groups excluding carboxylic acids is 2. The van der Waals surface area contributed by atoms with Crippen molar-refractivity contribution in [1.82, 2.24) is 0 Å². The Morgan fingerprint density at radius 1 is 1.07 bits per heavy atom. The number of hydrogen-bond acceptors (Lipinski definition) is 4.